The van der Waals surface area contributed by atoms with E-state index >= 15 is 0 Å². The van der Waals surface area contributed by atoms with E-state index < -0.39 is 6.04 Å². The molecular weight excluding hydrogens is 488 g/mol. The Bertz CT molecular complexity index is 693. The normalized spacial score (nSPS) is 14.8. The van der Waals surface area contributed by atoms with Crippen molar-refractivity contribution in [1.29, 1.82) is 0 Å². The van der Waals surface area contributed by atoms with Crippen LogP contribution in [0.4, 0.5) is 0 Å². The van der Waals surface area contributed by atoms with Gasteiger partial charge in [-0.25, -0.2) is 0 Å². The highest BCUT2D eigenvalue weighted by atomic mass is 16.5. The third kappa shape index (κ3) is 16.0. The van der Waals surface area contributed by atoms with Gasteiger partial charge in [0.05, 0.1) is 39.6 Å². The molecular formula is C24H42N4O9. The van der Waals surface area contributed by atoms with Gasteiger partial charge in [-0.15, -0.1) is 0 Å². The van der Waals surface area contributed by atoms with Gasteiger partial charge in [-0.3, -0.25) is 24.0 Å². The van der Waals surface area contributed by atoms with Gasteiger partial charge >= 0.3 is 0 Å². The average molecular weight is 531 g/mol. The van der Waals surface area contributed by atoms with Crippen molar-refractivity contribution in [2.75, 3.05) is 79.0 Å². The zero-order valence-corrected chi connectivity index (χ0v) is 21.8. The Balaban J connectivity index is 1.96. The van der Waals surface area contributed by atoms with E-state index in [9.17, 15) is 24.0 Å². The Morgan fingerprint density at radius 1 is 0.865 bits per heavy atom. The van der Waals surface area contributed by atoms with Crippen LogP contribution in [0.1, 0.15) is 39.0 Å². The van der Waals surface area contributed by atoms with Gasteiger partial charge in [0, 0.05) is 39.0 Å². The molecule has 0 bridgehead atoms. The second-order valence-electron chi connectivity index (χ2n) is 8.28. The van der Waals surface area contributed by atoms with Crippen molar-refractivity contribution in [1.82, 2.24) is 20.9 Å². The first-order chi connectivity index (χ1) is 18.0. The summed E-state index contributed by atoms with van der Waals surface area (Å²) in [6, 6.07) is -0.469. The Morgan fingerprint density at radius 3 is 2.19 bits per heavy atom. The SMILES string of the molecule is CCC(=O)COCCOCCNC(=O)COCCOCCNC(=O)C1CCCN1C(=O)CCCNC=O. The molecule has 0 saturated carbocycles. The summed E-state index contributed by atoms with van der Waals surface area (Å²) in [5, 5.41) is 7.97. The quantitative estimate of drug-likeness (QED) is 0.109. The molecule has 1 aliphatic heterocycles. The summed E-state index contributed by atoms with van der Waals surface area (Å²) >= 11 is 0. The van der Waals surface area contributed by atoms with E-state index in [2.05, 4.69) is 16.0 Å². The Morgan fingerprint density at radius 2 is 1.51 bits per heavy atom. The highest BCUT2D eigenvalue weighted by molar-refractivity contribution is 5.88. The zero-order chi connectivity index (χ0) is 27.1. The van der Waals surface area contributed by atoms with Gasteiger partial charge in [-0.1, -0.05) is 6.92 Å². The molecule has 0 aromatic rings. The first kappa shape index (κ1) is 32.4. The van der Waals surface area contributed by atoms with Crippen LogP contribution >= 0.6 is 0 Å². The maximum Gasteiger partial charge on any atom is 0.246 e. The van der Waals surface area contributed by atoms with E-state index in [0.717, 1.165) is 6.42 Å². The lowest BCUT2D eigenvalue weighted by Gasteiger charge is -2.24. The standard InChI is InChI=1S/C24H42N4O9/c1-2-20(30)17-36-15-13-34-11-8-26-22(31)18-37-16-14-35-12-9-27-24(33)21-5-4-10-28(21)23(32)6-3-7-25-19-29/h19,21H,2-18H2,1H3,(H,25,29)(H,26,31)(H,27,33). The Labute approximate surface area is 218 Å². The predicted molar refractivity (Wildman–Crippen MR) is 133 cm³/mol. The van der Waals surface area contributed by atoms with Crippen LogP contribution in [0.5, 0.6) is 0 Å². The summed E-state index contributed by atoms with van der Waals surface area (Å²) in [5.74, 6) is -0.502. The van der Waals surface area contributed by atoms with Crippen LogP contribution < -0.4 is 16.0 Å². The van der Waals surface area contributed by atoms with Crippen molar-refractivity contribution < 1.29 is 42.9 Å². The van der Waals surface area contributed by atoms with Crippen molar-refractivity contribution in [3.05, 3.63) is 0 Å². The van der Waals surface area contributed by atoms with Gasteiger partial charge in [0.1, 0.15) is 19.3 Å². The molecule has 4 amide bonds. The van der Waals surface area contributed by atoms with Gasteiger partial charge in [-0.05, 0) is 19.3 Å². The van der Waals surface area contributed by atoms with Gasteiger partial charge in [-0.2, -0.15) is 0 Å². The third-order valence-corrected chi connectivity index (χ3v) is 5.42. The molecule has 0 aliphatic carbocycles. The van der Waals surface area contributed by atoms with Crippen LogP contribution in [0, 0.1) is 0 Å². The van der Waals surface area contributed by atoms with E-state index in [-0.39, 0.29) is 63.0 Å². The lowest BCUT2D eigenvalue weighted by Crippen LogP contribution is -2.46. The number of rotatable bonds is 23. The van der Waals surface area contributed by atoms with E-state index in [4.69, 9.17) is 18.9 Å². The van der Waals surface area contributed by atoms with Crippen LogP contribution in [-0.4, -0.2) is 120 Å². The highest BCUT2D eigenvalue weighted by Gasteiger charge is 2.33. The van der Waals surface area contributed by atoms with Crippen LogP contribution in [0.2, 0.25) is 0 Å². The van der Waals surface area contributed by atoms with Gasteiger partial charge in [0.25, 0.3) is 0 Å². The van der Waals surface area contributed by atoms with E-state index in [0.29, 0.717) is 71.7 Å². The fourth-order valence-corrected chi connectivity index (χ4v) is 3.45. The fraction of sp³-hybridized carbons (Fsp3) is 0.792. The molecule has 1 atom stereocenters. The summed E-state index contributed by atoms with van der Waals surface area (Å²) in [7, 11) is 0. The molecule has 0 aromatic heterocycles. The third-order valence-electron chi connectivity index (χ3n) is 5.42. The molecule has 0 radical (unpaired) electrons. The zero-order valence-electron chi connectivity index (χ0n) is 21.8. The number of carbonyl (C=O) groups is 5. The summed E-state index contributed by atoms with van der Waals surface area (Å²) < 4.78 is 21.1. The maximum atomic E-state index is 12.4. The summed E-state index contributed by atoms with van der Waals surface area (Å²) in [5.41, 5.74) is 0. The van der Waals surface area contributed by atoms with Crippen LogP contribution in [0.25, 0.3) is 0 Å². The maximum absolute atomic E-state index is 12.4. The second-order valence-corrected chi connectivity index (χ2v) is 8.28. The highest BCUT2D eigenvalue weighted by Crippen LogP contribution is 2.18. The molecule has 1 fully saturated rings. The Kier molecular flexibility index (Phi) is 18.8. The number of ketones is 1. The number of hydrogen-bond donors (Lipinski definition) is 3. The van der Waals surface area contributed by atoms with E-state index in [1.807, 2.05) is 0 Å². The number of Topliss-reactive ketones (excluding diaryl/α,β-unsaturated/α-hetero) is 1. The number of hydrogen-bond acceptors (Lipinski definition) is 9. The van der Waals surface area contributed by atoms with Gasteiger partial charge in [0.2, 0.25) is 24.1 Å². The van der Waals surface area contributed by atoms with Gasteiger partial charge < -0.3 is 39.8 Å². The number of carbonyl (C=O) groups excluding carboxylic acids is 5. The predicted octanol–water partition coefficient (Wildman–Crippen LogP) is -1.22. The van der Waals surface area contributed by atoms with E-state index in [1.54, 1.807) is 11.8 Å². The molecule has 1 heterocycles. The molecule has 212 valence electrons. The van der Waals surface area contributed by atoms with Gasteiger partial charge in [0.15, 0.2) is 5.78 Å². The molecule has 37 heavy (non-hydrogen) atoms. The molecule has 0 aromatic carbocycles. The summed E-state index contributed by atoms with van der Waals surface area (Å²) in [6.45, 7) is 5.21. The number of nitrogens with zero attached hydrogens (tertiary/aromatic N) is 1. The average Bonchev–Trinajstić information content (AvgIpc) is 3.39. The molecule has 1 aliphatic rings. The van der Waals surface area contributed by atoms with Crippen molar-refractivity contribution in [3.8, 4) is 0 Å². The second kappa shape index (κ2) is 21.5. The molecule has 1 unspecified atom stereocenters. The molecule has 1 saturated heterocycles. The molecule has 13 nitrogen and oxygen atoms in total. The first-order valence-electron chi connectivity index (χ1n) is 12.8. The number of nitrogens with one attached hydrogen (secondary N) is 3. The van der Waals surface area contributed by atoms with Crippen LogP contribution in [-0.2, 0) is 42.9 Å². The largest absolute Gasteiger partial charge is 0.377 e. The number of ether oxygens (including phenoxy) is 4. The lowest BCUT2D eigenvalue weighted by atomic mass is 10.2. The minimum atomic E-state index is -0.469. The molecule has 13 heteroatoms. The molecule has 0 spiro atoms. The Hall–Kier alpha value is -2.61. The van der Waals surface area contributed by atoms with Crippen molar-refractivity contribution in [3.63, 3.8) is 0 Å². The fourth-order valence-electron chi connectivity index (χ4n) is 3.45. The lowest BCUT2D eigenvalue weighted by molar-refractivity contribution is -0.138. The van der Waals surface area contributed by atoms with Crippen molar-refractivity contribution >= 4 is 29.9 Å². The van der Waals surface area contributed by atoms with Crippen molar-refractivity contribution in [2.24, 2.45) is 0 Å². The number of amides is 4. The first-order valence-corrected chi connectivity index (χ1v) is 12.8. The topological polar surface area (TPSA) is 162 Å². The number of likely N-dealkylation sites (tertiary alicyclic amines) is 1. The molecule has 3 N–H and O–H groups in total. The van der Waals surface area contributed by atoms with Crippen LogP contribution in [0.3, 0.4) is 0 Å². The summed E-state index contributed by atoms with van der Waals surface area (Å²) in [6.07, 6.45) is 3.28. The molecule has 1 rings (SSSR count). The monoisotopic (exact) mass is 530 g/mol. The van der Waals surface area contributed by atoms with Crippen LogP contribution in [0.15, 0.2) is 0 Å². The smallest absolute Gasteiger partial charge is 0.246 e. The van der Waals surface area contributed by atoms with E-state index in [1.165, 1.54) is 0 Å². The minimum absolute atomic E-state index is 0.0448. The van der Waals surface area contributed by atoms with Crippen molar-refractivity contribution in [2.45, 2.75) is 45.1 Å². The summed E-state index contributed by atoms with van der Waals surface area (Å²) in [4.78, 5) is 59.4. The minimum Gasteiger partial charge on any atom is -0.377 e.